The number of nitrogens with zero attached hydrogens (tertiary/aromatic N) is 3. The van der Waals surface area contributed by atoms with Crippen LogP contribution in [0.1, 0.15) is 13.3 Å². The first-order valence-electron chi connectivity index (χ1n) is 4.85. The molecule has 0 saturated carbocycles. The number of aryl methyl sites for hydroxylation is 1. The van der Waals surface area contributed by atoms with Crippen molar-refractivity contribution in [1.29, 1.82) is 0 Å². The van der Waals surface area contributed by atoms with Gasteiger partial charge in [0, 0.05) is 13.5 Å². The van der Waals surface area contributed by atoms with Gasteiger partial charge in [-0.2, -0.15) is 0 Å². The minimum Gasteiger partial charge on any atom is -0.298 e. The Balaban J connectivity index is 3.48. The number of carbonyl (C=O) groups is 1. The largest absolute Gasteiger partial charge is 0.350 e. The Labute approximate surface area is 95.3 Å². The number of carbonyl (C=O) groups excluding carboxylic acids is 1. The molecular weight excluding hydrogens is 230 g/mol. The van der Waals surface area contributed by atoms with Crippen molar-refractivity contribution in [3.05, 3.63) is 37.1 Å². The van der Waals surface area contributed by atoms with E-state index in [9.17, 15) is 24.5 Å². The van der Waals surface area contributed by atoms with Crippen LogP contribution in [0.15, 0.2) is 15.8 Å². The fourth-order valence-electron chi connectivity index (χ4n) is 1.26. The molecule has 0 aliphatic carbocycles. The minimum absolute atomic E-state index is 0.151. The van der Waals surface area contributed by atoms with Crippen molar-refractivity contribution in [3.63, 3.8) is 0 Å². The molecule has 1 aromatic heterocycles. The van der Waals surface area contributed by atoms with Crippen molar-refractivity contribution in [2.75, 3.05) is 0 Å². The van der Waals surface area contributed by atoms with Gasteiger partial charge in [-0.15, -0.1) is 0 Å². The third-order valence-corrected chi connectivity index (χ3v) is 2.24. The highest BCUT2D eigenvalue weighted by atomic mass is 16.6. The first kappa shape index (κ1) is 12.8. The van der Waals surface area contributed by atoms with E-state index < -0.39 is 28.4 Å². The summed E-state index contributed by atoms with van der Waals surface area (Å²) in [5.41, 5.74) is -2.53. The molecule has 8 heteroatoms. The molecule has 0 atom stereocenters. The van der Waals surface area contributed by atoms with Crippen LogP contribution >= 0.6 is 0 Å². The molecule has 0 aliphatic heterocycles. The Kier molecular flexibility index (Phi) is 3.56. The van der Waals surface area contributed by atoms with Crippen LogP contribution in [0.2, 0.25) is 0 Å². The van der Waals surface area contributed by atoms with Crippen LogP contribution < -0.4 is 11.2 Å². The van der Waals surface area contributed by atoms with Gasteiger partial charge in [0.1, 0.15) is 0 Å². The molecule has 0 N–H and O–H groups in total. The van der Waals surface area contributed by atoms with Crippen LogP contribution in [0.5, 0.6) is 0 Å². The van der Waals surface area contributed by atoms with E-state index in [2.05, 4.69) is 0 Å². The summed E-state index contributed by atoms with van der Waals surface area (Å²) < 4.78 is 1.48. The number of aromatic nitrogens is 2. The lowest BCUT2D eigenvalue weighted by atomic mass is 10.3. The number of rotatable bonds is 4. The molecule has 1 rings (SSSR count). The van der Waals surface area contributed by atoms with Crippen molar-refractivity contribution in [2.24, 2.45) is 7.05 Å². The standard InChI is InChI=1S/C9H11N3O5/c1-3-6(13)4-11-8(14)7(12(16)17)5-10(2)9(11)15/h5H,3-4H2,1-2H3. The summed E-state index contributed by atoms with van der Waals surface area (Å²) in [6.07, 6.45) is 0.996. The number of nitro groups is 1. The Morgan fingerprint density at radius 2 is 2.06 bits per heavy atom. The van der Waals surface area contributed by atoms with E-state index in [-0.39, 0.29) is 12.2 Å². The minimum atomic E-state index is -1.06. The normalized spacial score (nSPS) is 10.2. The summed E-state index contributed by atoms with van der Waals surface area (Å²) in [7, 11) is 1.28. The highest BCUT2D eigenvalue weighted by molar-refractivity contribution is 5.77. The lowest BCUT2D eigenvalue weighted by Crippen LogP contribution is -2.41. The molecule has 1 heterocycles. The summed E-state index contributed by atoms with van der Waals surface area (Å²) in [5.74, 6) is -0.343. The summed E-state index contributed by atoms with van der Waals surface area (Å²) in [4.78, 5) is 44.1. The zero-order chi connectivity index (χ0) is 13.2. The van der Waals surface area contributed by atoms with Gasteiger partial charge in [0.25, 0.3) is 0 Å². The van der Waals surface area contributed by atoms with Crippen molar-refractivity contribution >= 4 is 11.5 Å². The maximum absolute atomic E-state index is 11.6. The van der Waals surface area contributed by atoms with Gasteiger partial charge in [-0.25, -0.2) is 9.36 Å². The van der Waals surface area contributed by atoms with Crippen LogP contribution in [0, 0.1) is 10.1 Å². The van der Waals surface area contributed by atoms with Gasteiger partial charge < -0.3 is 0 Å². The Hall–Kier alpha value is -2.25. The lowest BCUT2D eigenvalue weighted by Gasteiger charge is -2.05. The van der Waals surface area contributed by atoms with Gasteiger partial charge >= 0.3 is 16.9 Å². The molecule has 0 radical (unpaired) electrons. The van der Waals surface area contributed by atoms with Crippen molar-refractivity contribution in [2.45, 2.75) is 19.9 Å². The fourth-order valence-corrected chi connectivity index (χ4v) is 1.26. The summed E-state index contributed by atoms with van der Waals surface area (Å²) >= 11 is 0. The molecular formula is C9H11N3O5. The maximum Gasteiger partial charge on any atom is 0.350 e. The van der Waals surface area contributed by atoms with Crippen molar-refractivity contribution in [1.82, 2.24) is 9.13 Å². The first-order valence-corrected chi connectivity index (χ1v) is 4.85. The van der Waals surface area contributed by atoms with E-state index in [4.69, 9.17) is 0 Å². The van der Waals surface area contributed by atoms with Gasteiger partial charge in [-0.05, 0) is 0 Å². The fraction of sp³-hybridized carbons (Fsp3) is 0.444. The Morgan fingerprint density at radius 1 is 1.47 bits per heavy atom. The smallest absolute Gasteiger partial charge is 0.298 e. The average molecular weight is 241 g/mol. The molecule has 17 heavy (non-hydrogen) atoms. The lowest BCUT2D eigenvalue weighted by molar-refractivity contribution is -0.387. The third-order valence-electron chi connectivity index (χ3n) is 2.24. The van der Waals surface area contributed by atoms with E-state index >= 15 is 0 Å². The van der Waals surface area contributed by atoms with Gasteiger partial charge in [0.05, 0.1) is 17.7 Å². The second kappa shape index (κ2) is 4.73. The number of hydrogen-bond donors (Lipinski definition) is 0. The molecule has 0 aromatic carbocycles. The molecule has 0 saturated heterocycles. The zero-order valence-electron chi connectivity index (χ0n) is 9.37. The molecule has 0 aliphatic rings. The molecule has 0 amide bonds. The summed E-state index contributed by atoms with van der Waals surface area (Å²) in [6.45, 7) is 1.14. The van der Waals surface area contributed by atoms with E-state index in [1.165, 1.54) is 7.05 Å². The predicted octanol–water partition coefficient (Wildman–Crippen LogP) is -0.566. The average Bonchev–Trinajstić information content (AvgIpc) is 2.28. The Bertz CT molecular complexity index is 583. The van der Waals surface area contributed by atoms with Gasteiger partial charge in [0.2, 0.25) is 0 Å². The second-order valence-corrected chi connectivity index (χ2v) is 3.45. The molecule has 92 valence electrons. The van der Waals surface area contributed by atoms with Crippen LogP contribution in [-0.4, -0.2) is 19.8 Å². The van der Waals surface area contributed by atoms with Crippen LogP contribution in [-0.2, 0) is 18.4 Å². The summed E-state index contributed by atoms with van der Waals surface area (Å²) in [6, 6.07) is 0. The SMILES string of the molecule is CCC(=O)Cn1c(=O)c([N+](=O)[O-])cn(C)c1=O. The molecule has 0 fully saturated rings. The monoisotopic (exact) mass is 241 g/mol. The van der Waals surface area contributed by atoms with E-state index in [0.29, 0.717) is 4.57 Å². The van der Waals surface area contributed by atoms with Gasteiger partial charge in [-0.1, -0.05) is 6.92 Å². The molecule has 8 nitrogen and oxygen atoms in total. The van der Waals surface area contributed by atoms with Crippen LogP contribution in [0.25, 0.3) is 0 Å². The molecule has 0 unspecified atom stereocenters. The highest BCUT2D eigenvalue weighted by Crippen LogP contribution is 1.99. The highest BCUT2D eigenvalue weighted by Gasteiger charge is 2.19. The zero-order valence-corrected chi connectivity index (χ0v) is 9.37. The maximum atomic E-state index is 11.6. The predicted molar refractivity (Wildman–Crippen MR) is 57.9 cm³/mol. The first-order chi connectivity index (χ1) is 7.88. The number of Topliss-reactive ketones (excluding diaryl/α,β-unsaturated/α-hetero) is 1. The van der Waals surface area contributed by atoms with Gasteiger partial charge in [-0.3, -0.25) is 24.3 Å². The van der Waals surface area contributed by atoms with E-state index in [1.54, 1.807) is 6.92 Å². The topological polar surface area (TPSA) is 104 Å². The third kappa shape index (κ3) is 2.47. The Morgan fingerprint density at radius 3 is 2.53 bits per heavy atom. The van der Waals surface area contributed by atoms with Gasteiger partial charge in [0.15, 0.2) is 5.78 Å². The second-order valence-electron chi connectivity index (χ2n) is 3.45. The van der Waals surface area contributed by atoms with Crippen LogP contribution in [0.4, 0.5) is 5.69 Å². The van der Waals surface area contributed by atoms with Crippen molar-refractivity contribution in [3.8, 4) is 0 Å². The quantitative estimate of drug-likeness (QED) is 0.518. The van der Waals surface area contributed by atoms with E-state index in [0.717, 1.165) is 10.8 Å². The molecule has 1 aromatic rings. The van der Waals surface area contributed by atoms with E-state index in [1.807, 2.05) is 0 Å². The van der Waals surface area contributed by atoms with Crippen molar-refractivity contribution < 1.29 is 9.72 Å². The summed E-state index contributed by atoms with van der Waals surface area (Å²) in [5, 5.41) is 10.6. The number of ketones is 1. The molecule has 0 bridgehead atoms. The number of hydrogen-bond acceptors (Lipinski definition) is 5. The van der Waals surface area contributed by atoms with Crippen LogP contribution in [0.3, 0.4) is 0 Å². The molecule has 0 spiro atoms.